The molecule has 1 amide bonds. The first-order valence-corrected chi connectivity index (χ1v) is 8.92. The lowest BCUT2D eigenvalue weighted by molar-refractivity contribution is -0.154. The third kappa shape index (κ3) is 6.22. The number of nitrogens with zero attached hydrogens (tertiary/aromatic N) is 2. The van der Waals surface area contributed by atoms with Crippen molar-refractivity contribution in [2.24, 2.45) is 4.99 Å². The smallest absolute Gasteiger partial charge is 0.422 e. The van der Waals surface area contributed by atoms with Crippen molar-refractivity contribution in [1.29, 1.82) is 0 Å². The van der Waals surface area contributed by atoms with Crippen LogP contribution in [0.15, 0.2) is 35.3 Å². The normalized spacial score (nSPS) is 20.1. The van der Waals surface area contributed by atoms with Gasteiger partial charge < -0.3 is 15.4 Å². The molecule has 0 saturated heterocycles. The lowest BCUT2D eigenvalue weighted by Gasteiger charge is -2.37. The topological polar surface area (TPSA) is 87.6 Å². The molecule has 154 valence electrons. The fourth-order valence-electron chi connectivity index (χ4n) is 2.56. The summed E-state index contributed by atoms with van der Waals surface area (Å²) < 4.78 is 41.3. The van der Waals surface area contributed by atoms with Crippen LogP contribution in [0.25, 0.3) is 0 Å². The van der Waals surface area contributed by atoms with Crippen LogP contribution in [0.4, 0.5) is 13.2 Å². The van der Waals surface area contributed by atoms with Gasteiger partial charge in [0.2, 0.25) is 11.8 Å². The molecule has 28 heavy (non-hydrogen) atoms. The number of carbonyl (C=O) groups is 1. The highest BCUT2D eigenvalue weighted by molar-refractivity contribution is 5.78. The quantitative estimate of drug-likeness (QED) is 0.626. The van der Waals surface area contributed by atoms with Crippen LogP contribution in [-0.2, 0) is 4.79 Å². The zero-order valence-electron chi connectivity index (χ0n) is 15.9. The molecule has 2 heterocycles. The van der Waals surface area contributed by atoms with Crippen LogP contribution in [0.5, 0.6) is 5.88 Å². The van der Waals surface area contributed by atoms with Crippen molar-refractivity contribution in [3.05, 3.63) is 35.9 Å². The van der Waals surface area contributed by atoms with Gasteiger partial charge in [-0.25, -0.2) is 4.98 Å². The third-order valence-electron chi connectivity index (χ3n) is 4.13. The molecule has 7 nitrogen and oxygen atoms in total. The fraction of sp³-hybridized carbons (Fsp3) is 0.500. The van der Waals surface area contributed by atoms with Crippen molar-refractivity contribution < 1.29 is 22.7 Å². The molecule has 0 radical (unpaired) electrons. The van der Waals surface area contributed by atoms with E-state index in [1.165, 1.54) is 18.5 Å². The molecule has 3 N–H and O–H groups in total. The highest BCUT2D eigenvalue weighted by atomic mass is 19.4. The molecule has 2 rings (SSSR count). The maximum Gasteiger partial charge on any atom is 0.422 e. The first-order valence-electron chi connectivity index (χ1n) is 8.92. The zero-order chi connectivity index (χ0) is 20.8. The van der Waals surface area contributed by atoms with E-state index in [0.717, 1.165) is 5.56 Å². The Labute approximate surface area is 161 Å². The number of halogens is 3. The highest BCUT2D eigenvalue weighted by Crippen LogP contribution is 2.21. The van der Waals surface area contributed by atoms with Gasteiger partial charge in [0, 0.05) is 30.9 Å². The Morgan fingerprint density at radius 1 is 1.36 bits per heavy atom. The second kappa shape index (κ2) is 9.05. The van der Waals surface area contributed by atoms with Crippen LogP contribution in [0.2, 0.25) is 0 Å². The Bertz CT molecular complexity index is 734. The average molecular weight is 399 g/mol. The van der Waals surface area contributed by atoms with E-state index in [4.69, 9.17) is 0 Å². The summed E-state index contributed by atoms with van der Waals surface area (Å²) in [5.74, 6) is 0.265. The minimum atomic E-state index is -4.41. The number of rotatable bonds is 8. The number of aromatic nitrogens is 1. The van der Waals surface area contributed by atoms with Crippen LogP contribution in [0, 0.1) is 0 Å². The van der Waals surface area contributed by atoms with Crippen molar-refractivity contribution in [3.8, 4) is 5.88 Å². The van der Waals surface area contributed by atoms with Crippen molar-refractivity contribution in [3.63, 3.8) is 0 Å². The number of hydrogen-bond acceptors (Lipinski definition) is 6. The number of carbonyl (C=O) groups excluding carboxylic acids is 1. The molecule has 0 spiro atoms. The van der Waals surface area contributed by atoms with Gasteiger partial charge in [0.1, 0.15) is 11.5 Å². The zero-order valence-corrected chi connectivity index (χ0v) is 15.9. The minimum absolute atomic E-state index is 0.0941. The van der Waals surface area contributed by atoms with Crippen molar-refractivity contribution in [1.82, 2.24) is 20.9 Å². The number of amides is 1. The Balaban J connectivity index is 2.02. The minimum Gasteiger partial charge on any atom is -0.468 e. The Hall–Kier alpha value is -2.62. The largest absolute Gasteiger partial charge is 0.468 e. The van der Waals surface area contributed by atoms with Crippen molar-refractivity contribution in [2.45, 2.75) is 51.5 Å². The number of alkyl halides is 3. The van der Waals surface area contributed by atoms with Crippen LogP contribution in [0.1, 0.15) is 45.2 Å². The van der Waals surface area contributed by atoms with Crippen molar-refractivity contribution in [2.75, 3.05) is 6.61 Å². The number of pyridine rings is 1. The summed E-state index contributed by atoms with van der Waals surface area (Å²) in [5, 5.41) is 9.35. The second-order valence-electron chi connectivity index (χ2n) is 6.37. The highest BCUT2D eigenvalue weighted by Gasteiger charge is 2.31. The average Bonchev–Trinajstić information content (AvgIpc) is 2.66. The van der Waals surface area contributed by atoms with Crippen LogP contribution >= 0.6 is 0 Å². The summed E-state index contributed by atoms with van der Waals surface area (Å²) >= 11 is 0. The van der Waals surface area contributed by atoms with Gasteiger partial charge in [0.05, 0.1) is 6.20 Å². The number of aliphatic imine (C=N–C) groups is 1. The fourth-order valence-corrected chi connectivity index (χ4v) is 2.56. The summed E-state index contributed by atoms with van der Waals surface area (Å²) in [7, 11) is 0. The third-order valence-corrected chi connectivity index (χ3v) is 4.13. The summed E-state index contributed by atoms with van der Waals surface area (Å²) in [5.41, 5.74) is 0.0618. The van der Waals surface area contributed by atoms with Crippen LogP contribution in [0.3, 0.4) is 0 Å². The molecule has 0 aliphatic carbocycles. The predicted molar refractivity (Wildman–Crippen MR) is 98.5 cm³/mol. The Morgan fingerprint density at radius 3 is 2.68 bits per heavy atom. The molecule has 1 aliphatic rings. The van der Waals surface area contributed by atoms with E-state index >= 15 is 0 Å². The molecule has 1 aromatic rings. The molecule has 0 bridgehead atoms. The van der Waals surface area contributed by atoms with E-state index < -0.39 is 18.4 Å². The van der Waals surface area contributed by atoms with Gasteiger partial charge in [0.25, 0.3) is 0 Å². The lowest BCUT2D eigenvalue weighted by atomic mass is 10.0. The molecular weight excluding hydrogens is 375 g/mol. The molecular formula is C18H24F3N5O2. The summed E-state index contributed by atoms with van der Waals surface area (Å²) in [6.45, 7) is 4.22. The standard InChI is InChI=1S/C18H24F3N5O2/c1-4-15(27)24-14-9-22-10-17(5-2,26-14)25-12(3)13-6-7-16(23-8-13)28-11-18(19,20)21/h6-10,12,25-26H,4-5,11H2,1-3H3,(H,24,27). The summed E-state index contributed by atoms with van der Waals surface area (Å²) in [4.78, 5) is 19.8. The lowest BCUT2D eigenvalue weighted by Crippen LogP contribution is -2.60. The molecule has 2 unspecified atom stereocenters. The molecule has 0 aromatic carbocycles. The van der Waals surface area contributed by atoms with Gasteiger partial charge in [0.15, 0.2) is 6.61 Å². The van der Waals surface area contributed by atoms with Gasteiger partial charge in [-0.1, -0.05) is 19.9 Å². The molecule has 0 saturated carbocycles. The van der Waals surface area contributed by atoms with Gasteiger partial charge in [-0.2, -0.15) is 13.2 Å². The van der Waals surface area contributed by atoms with E-state index in [1.54, 1.807) is 19.2 Å². The van der Waals surface area contributed by atoms with Gasteiger partial charge in [-0.05, 0) is 18.9 Å². The maximum atomic E-state index is 12.2. The van der Waals surface area contributed by atoms with Gasteiger partial charge in [-0.3, -0.25) is 15.1 Å². The number of hydrogen-bond donors (Lipinski definition) is 3. The van der Waals surface area contributed by atoms with E-state index in [9.17, 15) is 18.0 Å². The Kier molecular flexibility index (Phi) is 7.00. The summed E-state index contributed by atoms with van der Waals surface area (Å²) in [6, 6.07) is 2.84. The molecule has 1 aromatic heterocycles. The van der Waals surface area contributed by atoms with Gasteiger partial charge >= 0.3 is 6.18 Å². The first-order chi connectivity index (χ1) is 13.2. The predicted octanol–water partition coefficient (Wildman–Crippen LogP) is 2.78. The van der Waals surface area contributed by atoms with Gasteiger partial charge in [-0.15, -0.1) is 0 Å². The second-order valence-corrected chi connectivity index (χ2v) is 6.37. The SMILES string of the molecule is CCC(=O)NC1=CN=CC(CC)(NC(C)c2ccc(OCC(F)(F)F)nc2)N1. The van der Waals surface area contributed by atoms with E-state index in [1.807, 2.05) is 13.8 Å². The number of nitrogens with one attached hydrogen (secondary N) is 3. The molecule has 0 fully saturated rings. The molecule has 10 heteroatoms. The molecule has 1 aliphatic heterocycles. The van der Waals surface area contributed by atoms with Crippen molar-refractivity contribution >= 4 is 12.1 Å². The summed E-state index contributed by atoms with van der Waals surface area (Å²) in [6.07, 6.45) is 1.26. The molecule has 2 atom stereocenters. The van der Waals surface area contributed by atoms with Crippen LogP contribution in [-0.4, -0.2) is 35.6 Å². The van der Waals surface area contributed by atoms with Crippen LogP contribution < -0.4 is 20.7 Å². The monoisotopic (exact) mass is 399 g/mol. The first kappa shape index (κ1) is 21.7. The Morgan fingerprint density at radius 2 is 2.11 bits per heavy atom. The van der Waals surface area contributed by atoms with E-state index in [0.29, 0.717) is 18.7 Å². The van der Waals surface area contributed by atoms with E-state index in [-0.39, 0.29) is 17.8 Å². The maximum absolute atomic E-state index is 12.2. The number of ether oxygens (including phenoxy) is 1. The van der Waals surface area contributed by atoms with E-state index in [2.05, 4.69) is 30.7 Å².